The number of aryl methyl sites for hydroxylation is 1. The van der Waals surface area contributed by atoms with Gasteiger partial charge in [-0.2, -0.15) is 5.10 Å². The number of amides is 1. The van der Waals surface area contributed by atoms with E-state index in [1.54, 1.807) is 0 Å². The standard InChI is InChI=1S/C17H25N3O2/c21-16(14-6-4-5-13-11-18-19-15(13)14)20-9-10-22-12-17(20)7-2-1-3-8-17/h11,14H,1-10,12H2,(H,18,19). The van der Waals surface area contributed by atoms with E-state index < -0.39 is 0 Å². The maximum absolute atomic E-state index is 13.3. The summed E-state index contributed by atoms with van der Waals surface area (Å²) in [7, 11) is 0. The van der Waals surface area contributed by atoms with Gasteiger partial charge in [0.05, 0.1) is 36.6 Å². The van der Waals surface area contributed by atoms with Crippen LogP contribution in [0.3, 0.4) is 0 Å². The molecule has 1 N–H and O–H groups in total. The molecule has 4 rings (SSSR count). The van der Waals surface area contributed by atoms with E-state index in [2.05, 4.69) is 15.1 Å². The molecule has 2 heterocycles. The van der Waals surface area contributed by atoms with Crippen molar-refractivity contribution >= 4 is 5.91 Å². The third-order valence-electron chi connectivity index (χ3n) is 5.79. The topological polar surface area (TPSA) is 58.2 Å². The monoisotopic (exact) mass is 303 g/mol. The molecule has 1 atom stereocenters. The Morgan fingerprint density at radius 2 is 2.18 bits per heavy atom. The smallest absolute Gasteiger partial charge is 0.232 e. The predicted molar refractivity (Wildman–Crippen MR) is 82.6 cm³/mol. The van der Waals surface area contributed by atoms with E-state index in [1.165, 1.54) is 24.8 Å². The normalized spacial score (nSPS) is 27.6. The van der Waals surface area contributed by atoms with Gasteiger partial charge < -0.3 is 9.64 Å². The Labute approximate surface area is 131 Å². The number of fused-ring (bicyclic) bond motifs is 1. The van der Waals surface area contributed by atoms with Gasteiger partial charge in [-0.3, -0.25) is 9.89 Å². The van der Waals surface area contributed by atoms with E-state index in [0.29, 0.717) is 12.5 Å². The van der Waals surface area contributed by atoms with Crippen LogP contribution in [0.2, 0.25) is 0 Å². The fourth-order valence-electron chi connectivity index (χ4n) is 4.60. The number of carbonyl (C=O) groups excluding carboxylic acids is 1. The van der Waals surface area contributed by atoms with Gasteiger partial charge in [-0.25, -0.2) is 0 Å². The quantitative estimate of drug-likeness (QED) is 0.866. The summed E-state index contributed by atoms with van der Waals surface area (Å²) in [6, 6.07) is 0. The maximum Gasteiger partial charge on any atom is 0.232 e. The van der Waals surface area contributed by atoms with Crippen molar-refractivity contribution in [1.82, 2.24) is 15.1 Å². The summed E-state index contributed by atoms with van der Waals surface area (Å²) < 4.78 is 5.77. The van der Waals surface area contributed by atoms with Crippen LogP contribution in [-0.4, -0.2) is 46.3 Å². The molecular weight excluding hydrogens is 278 g/mol. The Kier molecular flexibility index (Phi) is 3.68. The van der Waals surface area contributed by atoms with E-state index in [-0.39, 0.29) is 11.5 Å². The number of H-pyrrole nitrogens is 1. The van der Waals surface area contributed by atoms with Crippen LogP contribution in [0.15, 0.2) is 6.20 Å². The number of morpholine rings is 1. The number of aromatic nitrogens is 2. The molecule has 0 aromatic carbocycles. The zero-order chi connectivity index (χ0) is 15.0. The van der Waals surface area contributed by atoms with E-state index in [9.17, 15) is 4.79 Å². The highest BCUT2D eigenvalue weighted by Gasteiger charge is 2.45. The first-order chi connectivity index (χ1) is 10.8. The Hall–Kier alpha value is -1.36. The summed E-state index contributed by atoms with van der Waals surface area (Å²) in [6.07, 6.45) is 10.9. The molecule has 1 unspecified atom stereocenters. The van der Waals surface area contributed by atoms with Crippen molar-refractivity contribution in [2.45, 2.75) is 62.8 Å². The van der Waals surface area contributed by atoms with E-state index in [4.69, 9.17) is 4.74 Å². The minimum Gasteiger partial charge on any atom is -0.377 e. The van der Waals surface area contributed by atoms with Crippen molar-refractivity contribution in [3.05, 3.63) is 17.5 Å². The minimum absolute atomic E-state index is 0.0249. The number of nitrogens with one attached hydrogen (secondary N) is 1. The summed E-state index contributed by atoms with van der Waals surface area (Å²) >= 11 is 0. The van der Waals surface area contributed by atoms with Crippen LogP contribution < -0.4 is 0 Å². The lowest BCUT2D eigenvalue weighted by Crippen LogP contribution is -2.61. The molecular formula is C17H25N3O2. The van der Waals surface area contributed by atoms with Crippen LogP contribution in [-0.2, 0) is 16.0 Å². The number of hydrogen-bond acceptors (Lipinski definition) is 3. The van der Waals surface area contributed by atoms with Crippen LogP contribution in [0.25, 0.3) is 0 Å². The van der Waals surface area contributed by atoms with Crippen LogP contribution in [0.4, 0.5) is 0 Å². The lowest BCUT2D eigenvalue weighted by atomic mass is 9.78. The zero-order valence-corrected chi connectivity index (χ0v) is 13.1. The van der Waals surface area contributed by atoms with Crippen LogP contribution in [0, 0.1) is 0 Å². The number of rotatable bonds is 1. The second-order valence-electron chi connectivity index (χ2n) is 7.08. The van der Waals surface area contributed by atoms with Gasteiger partial charge in [-0.15, -0.1) is 0 Å². The maximum atomic E-state index is 13.3. The Morgan fingerprint density at radius 3 is 3.05 bits per heavy atom. The second-order valence-corrected chi connectivity index (χ2v) is 7.08. The van der Waals surface area contributed by atoms with Crippen molar-refractivity contribution in [2.75, 3.05) is 19.8 Å². The van der Waals surface area contributed by atoms with Crippen LogP contribution >= 0.6 is 0 Å². The van der Waals surface area contributed by atoms with Crippen molar-refractivity contribution in [2.24, 2.45) is 0 Å². The molecule has 1 aromatic heterocycles. The van der Waals surface area contributed by atoms with Gasteiger partial charge in [0, 0.05) is 6.54 Å². The molecule has 120 valence electrons. The first-order valence-electron chi connectivity index (χ1n) is 8.72. The van der Waals surface area contributed by atoms with E-state index in [0.717, 1.165) is 50.9 Å². The molecule has 22 heavy (non-hydrogen) atoms. The lowest BCUT2D eigenvalue weighted by molar-refractivity contribution is -0.155. The average molecular weight is 303 g/mol. The number of hydrogen-bond donors (Lipinski definition) is 1. The molecule has 3 aliphatic rings. The third kappa shape index (κ3) is 2.26. The molecule has 5 heteroatoms. The largest absolute Gasteiger partial charge is 0.377 e. The second kappa shape index (κ2) is 5.69. The lowest BCUT2D eigenvalue weighted by Gasteiger charge is -2.50. The van der Waals surface area contributed by atoms with Crippen LogP contribution in [0.1, 0.15) is 62.1 Å². The highest BCUT2D eigenvalue weighted by atomic mass is 16.5. The number of aromatic amines is 1. The zero-order valence-electron chi connectivity index (χ0n) is 13.1. The Morgan fingerprint density at radius 1 is 1.32 bits per heavy atom. The molecule has 0 bridgehead atoms. The van der Waals surface area contributed by atoms with Gasteiger partial charge in [0.15, 0.2) is 0 Å². The fourth-order valence-corrected chi connectivity index (χ4v) is 4.60. The van der Waals surface area contributed by atoms with Crippen molar-refractivity contribution in [3.63, 3.8) is 0 Å². The molecule has 1 spiro atoms. The minimum atomic E-state index is -0.0365. The van der Waals surface area contributed by atoms with Crippen molar-refractivity contribution in [3.8, 4) is 0 Å². The van der Waals surface area contributed by atoms with Gasteiger partial charge in [0.1, 0.15) is 0 Å². The third-order valence-corrected chi connectivity index (χ3v) is 5.79. The molecule has 5 nitrogen and oxygen atoms in total. The Balaban J connectivity index is 1.61. The van der Waals surface area contributed by atoms with E-state index in [1.807, 2.05) is 6.20 Å². The highest BCUT2D eigenvalue weighted by Crippen LogP contribution is 2.39. The molecule has 1 aromatic rings. The molecule has 1 aliphatic heterocycles. The number of carbonyl (C=O) groups is 1. The predicted octanol–water partition coefficient (Wildman–Crippen LogP) is 2.39. The van der Waals surface area contributed by atoms with E-state index >= 15 is 0 Å². The molecule has 1 amide bonds. The fraction of sp³-hybridized carbons (Fsp3) is 0.765. The van der Waals surface area contributed by atoms with Crippen LogP contribution in [0.5, 0.6) is 0 Å². The summed E-state index contributed by atoms with van der Waals surface area (Å²) in [6.45, 7) is 2.15. The van der Waals surface area contributed by atoms with Gasteiger partial charge in [0.2, 0.25) is 5.91 Å². The Bertz CT molecular complexity index is 540. The average Bonchev–Trinajstić information content (AvgIpc) is 3.04. The molecule has 2 fully saturated rings. The summed E-state index contributed by atoms with van der Waals surface area (Å²) in [4.78, 5) is 15.5. The van der Waals surface area contributed by atoms with Crippen molar-refractivity contribution in [1.29, 1.82) is 0 Å². The first kappa shape index (κ1) is 14.2. The molecule has 1 saturated carbocycles. The highest BCUT2D eigenvalue weighted by molar-refractivity contribution is 5.84. The molecule has 0 radical (unpaired) electrons. The summed E-state index contributed by atoms with van der Waals surface area (Å²) in [5.74, 6) is 0.276. The molecule has 2 aliphatic carbocycles. The van der Waals surface area contributed by atoms with Gasteiger partial charge >= 0.3 is 0 Å². The van der Waals surface area contributed by atoms with Gasteiger partial charge in [0.25, 0.3) is 0 Å². The van der Waals surface area contributed by atoms with Crippen molar-refractivity contribution < 1.29 is 9.53 Å². The number of ether oxygens (including phenoxy) is 1. The van der Waals surface area contributed by atoms with Gasteiger partial charge in [-0.05, 0) is 37.7 Å². The summed E-state index contributed by atoms with van der Waals surface area (Å²) in [5.41, 5.74) is 2.26. The summed E-state index contributed by atoms with van der Waals surface area (Å²) in [5, 5.41) is 7.26. The SMILES string of the molecule is O=C(C1CCCc2cn[nH]c21)N1CCOCC12CCCCC2. The number of nitrogens with zero attached hydrogens (tertiary/aromatic N) is 2. The van der Waals surface area contributed by atoms with Gasteiger partial charge in [-0.1, -0.05) is 19.3 Å². The first-order valence-corrected chi connectivity index (χ1v) is 8.72. The molecule has 1 saturated heterocycles.